The van der Waals surface area contributed by atoms with Crippen LogP contribution in [-0.2, 0) is 0 Å². The monoisotopic (exact) mass is 1280 g/mol. The zero-order chi connectivity index (χ0) is 64.6. The van der Waals surface area contributed by atoms with E-state index in [9.17, 15) is 0 Å². The number of benzene rings is 13. The highest BCUT2D eigenvalue weighted by molar-refractivity contribution is 7.25. The van der Waals surface area contributed by atoms with E-state index in [1.54, 1.807) is 0 Å². The predicted molar refractivity (Wildman–Crippen MR) is 414 cm³/mol. The van der Waals surface area contributed by atoms with Crippen LogP contribution in [0, 0.1) is 0 Å². The molecule has 22 rings (SSSR count). The first-order valence-corrected chi connectivity index (χ1v) is 35.2. The van der Waals surface area contributed by atoms with Crippen molar-refractivity contribution in [2.75, 3.05) is 9.80 Å². The Hall–Kier alpha value is -12.4. The number of thiophene rings is 1. The van der Waals surface area contributed by atoms with Gasteiger partial charge in [0.25, 0.3) is 0 Å². The highest BCUT2D eigenvalue weighted by Crippen LogP contribution is 2.54. The van der Waals surface area contributed by atoms with Gasteiger partial charge in [-0.05, 0) is 165 Å². The molecule has 0 spiro atoms. The maximum atomic E-state index is 5.72. The second-order valence-electron chi connectivity index (χ2n) is 27.1. The maximum absolute atomic E-state index is 5.72. The lowest BCUT2D eigenvalue weighted by atomic mass is 9.89. The van der Waals surface area contributed by atoms with Gasteiger partial charge in [0.2, 0.25) is 0 Å². The van der Waals surface area contributed by atoms with Crippen molar-refractivity contribution in [2.24, 2.45) is 0 Å². The van der Waals surface area contributed by atoms with Crippen molar-refractivity contribution in [1.82, 2.24) is 19.1 Å². The quantitative estimate of drug-likeness (QED) is 0.152. The van der Waals surface area contributed by atoms with Crippen LogP contribution in [0.4, 0.5) is 22.7 Å². The summed E-state index contributed by atoms with van der Waals surface area (Å²) in [4.78, 5) is 16.3. The third-order valence-electron chi connectivity index (χ3n) is 21.9. The number of fused-ring (bicyclic) bond motifs is 18. The molecule has 5 aliphatic rings. The van der Waals surface area contributed by atoms with Crippen LogP contribution in [0.2, 0.25) is 0 Å². The molecule has 6 nitrogen and oxygen atoms in total. The van der Waals surface area contributed by atoms with Gasteiger partial charge in [-0.15, -0.1) is 11.3 Å². The fraction of sp³-hybridized carbons (Fsp3) is 0.0435. The van der Waals surface area contributed by atoms with Crippen molar-refractivity contribution in [3.05, 3.63) is 339 Å². The molecule has 99 heavy (non-hydrogen) atoms. The van der Waals surface area contributed by atoms with Crippen LogP contribution >= 0.6 is 11.3 Å². The Balaban J connectivity index is 0.630. The Labute approximate surface area is 575 Å². The molecule has 13 aromatic carbocycles. The minimum atomic E-state index is 0.236. The molecule has 0 saturated carbocycles. The second-order valence-corrected chi connectivity index (χ2v) is 28.2. The molecule has 0 N–H and O–H groups in total. The van der Waals surface area contributed by atoms with Gasteiger partial charge in [-0.1, -0.05) is 212 Å². The Bertz CT molecular complexity index is 6470. The summed E-state index contributed by atoms with van der Waals surface area (Å²) in [6, 6.07) is 104. The van der Waals surface area contributed by atoms with E-state index in [2.05, 4.69) is 347 Å². The Morgan fingerprint density at radius 3 is 1.41 bits per heavy atom. The molecule has 3 aliphatic carbocycles. The molecule has 0 amide bonds. The second kappa shape index (κ2) is 21.0. The molecule has 0 radical (unpaired) electrons. The van der Waals surface area contributed by atoms with E-state index in [4.69, 9.17) is 9.97 Å². The van der Waals surface area contributed by atoms with Gasteiger partial charge in [-0.25, -0.2) is 9.97 Å². The van der Waals surface area contributed by atoms with Crippen molar-refractivity contribution in [3.8, 4) is 78.7 Å². The zero-order valence-corrected chi connectivity index (χ0v) is 54.4. The van der Waals surface area contributed by atoms with Crippen molar-refractivity contribution >= 4 is 109 Å². The fourth-order valence-corrected chi connectivity index (χ4v) is 18.7. The number of anilines is 4. The van der Waals surface area contributed by atoms with Gasteiger partial charge >= 0.3 is 0 Å². The lowest BCUT2D eigenvalue weighted by Crippen LogP contribution is -2.28. The third-order valence-corrected chi connectivity index (χ3v) is 23.0. The summed E-state index contributed by atoms with van der Waals surface area (Å²) >= 11 is 1.84. The first-order chi connectivity index (χ1) is 49.1. The van der Waals surface area contributed by atoms with Gasteiger partial charge in [0.1, 0.15) is 0 Å². The van der Waals surface area contributed by atoms with Crippen molar-refractivity contribution in [2.45, 2.75) is 23.9 Å². The van der Waals surface area contributed by atoms with Crippen LogP contribution in [0.3, 0.4) is 0 Å². The largest absolute Gasteiger partial charge is 0.333 e. The number of hydrogen-bond donors (Lipinski definition) is 0. The molecular formula is C92H58N6S. The van der Waals surface area contributed by atoms with Crippen LogP contribution in [0.1, 0.15) is 23.0 Å². The molecule has 6 heterocycles. The summed E-state index contributed by atoms with van der Waals surface area (Å²) in [5.41, 5.74) is 26.8. The minimum Gasteiger partial charge on any atom is -0.333 e. The molecule has 0 bridgehead atoms. The van der Waals surface area contributed by atoms with Crippen LogP contribution in [0.25, 0.3) is 153 Å². The first-order valence-electron chi connectivity index (χ1n) is 34.3. The van der Waals surface area contributed by atoms with E-state index < -0.39 is 0 Å². The Kier molecular flexibility index (Phi) is 11.6. The highest BCUT2D eigenvalue weighted by atomic mass is 32.1. The fourth-order valence-electron chi connectivity index (χ4n) is 17.5. The number of rotatable bonds is 8. The molecular weight excluding hydrogens is 1220 g/mol. The van der Waals surface area contributed by atoms with E-state index in [-0.39, 0.29) is 23.9 Å². The molecule has 4 unspecified atom stereocenters. The van der Waals surface area contributed by atoms with E-state index >= 15 is 0 Å². The van der Waals surface area contributed by atoms with E-state index in [1.807, 2.05) is 11.3 Å². The van der Waals surface area contributed by atoms with Crippen LogP contribution < -0.4 is 9.80 Å². The lowest BCUT2D eigenvalue weighted by molar-refractivity contribution is 0.745. The number of aromatic nitrogens is 4. The highest BCUT2D eigenvalue weighted by Gasteiger charge is 2.39. The van der Waals surface area contributed by atoms with Crippen molar-refractivity contribution in [1.29, 1.82) is 0 Å². The molecule has 4 aromatic heterocycles. The third kappa shape index (κ3) is 8.11. The average Bonchev–Trinajstić information content (AvgIpc) is 1.58. The molecule has 462 valence electrons. The van der Waals surface area contributed by atoms with Gasteiger partial charge in [-0.2, -0.15) is 0 Å². The summed E-state index contributed by atoms with van der Waals surface area (Å²) in [6.45, 7) is 0. The number of hydrogen-bond acceptors (Lipinski definition) is 5. The van der Waals surface area contributed by atoms with Crippen molar-refractivity contribution in [3.63, 3.8) is 0 Å². The summed E-state index contributed by atoms with van der Waals surface area (Å²) in [6.07, 6.45) is 18.2. The first kappa shape index (κ1) is 54.8. The van der Waals surface area contributed by atoms with E-state index in [0.717, 1.165) is 56.0 Å². The number of nitrogens with zero attached hydrogens (tertiary/aromatic N) is 6. The molecule has 17 aromatic rings. The van der Waals surface area contributed by atoms with Gasteiger partial charge in [0.05, 0.1) is 45.5 Å². The molecule has 0 fully saturated rings. The van der Waals surface area contributed by atoms with E-state index in [0.29, 0.717) is 5.82 Å². The SMILES string of the molecule is C1=CC2c3cc(-c4ccc5c(c4)c4ccccc4n5-c4cccc(-c5nc(-c6ccc7c(c6)sc6cc(-n8c9ccccc9c9cc(-c%10ccc%11c(c%10)C%10C=CC=CC%10N%11c%10ccccc%10)ccc98)ccc67)nc6c5-c5cccc7cccc-6c57)c4)ccc3N(c3ccccc3)C2C=C1. The van der Waals surface area contributed by atoms with Crippen LogP contribution in [-0.4, -0.2) is 31.2 Å². The normalized spacial score (nSPS) is 16.9. The Morgan fingerprint density at radius 1 is 0.303 bits per heavy atom. The van der Waals surface area contributed by atoms with Gasteiger partial charge in [0.15, 0.2) is 5.82 Å². The standard InChI is InChI=1S/C92H58N6S/c1-3-21-62(22-4-1)95-78-32-11-7-26-66(78)74-49-56(37-44-82(74)95)58-39-46-84-76(51-58)68-28-9-13-34-80(68)97(84)64-25-15-20-60(48-64)90-89-72-30-16-18-55-19-17-31-73(88(55)72)91(89)94-92(93-90)61-36-42-70-71-43-41-65(54-87(71)99-86(70)53-61)98-81-35-14-10-29-69(81)77-52-59(40-47-85(77)98)57-38-45-83-75(50-57)67-27-8-12-33-79(67)96(83)63-23-5-2-6-24-63/h1-54,66-67,78-79H. The van der Waals surface area contributed by atoms with E-state index in [1.165, 1.54) is 125 Å². The van der Waals surface area contributed by atoms with Gasteiger partial charge < -0.3 is 18.9 Å². The summed E-state index contributed by atoms with van der Waals surface area (Å²) in [5, 5.41) is 9.81. The topological polar surface area (TPSA) is 42.1 Å². The summed E-state index contributed by atoms with van der Waals surface area (Å²) in [7, 11) is 0. The molecule has 0 saturated heterocycles. The average molecular weight is 1280 g/mol. The minimum absolute atomic E-state index is 0.236. The van der Waals surface area contributed by atoms with Gasteiger partial charge in [0, 0.05) is 110 Å². The van der Waals surface area contributed by atoms with Crippen molar-refractivity contribution < 1.29 is 0 Å². The number of allylic oxidation sites excluding steroid dienone is 4. The summed E-state index contributed by atoms with van der Waals surface area (Å²) < 4.78 is 7.32. The van der Waals surface area contributed by atoms with Crippen LogP contribution in [0.5, 0.6) is 0 Å². The smallest absolute Gasteiger partial charge is 0.160 e. The predicted octanol–water partition coefficient (Wildman–Crippen LogP) is 24.0. The lowest BCUT2D eigenvalue weighted by Gasteiger charge is -2.28. The molecule has 7 heteroatoms. The molecule has 4 atom stereocenters. The Morgan fingerprint density at radius 2 is 0.788 bits per heavy atom. The van der Waals surface area contributed by atoms with Gasteiger partial charge in [-0.3, -0.25) is 0 Å². The maximum Gasteiger partial charge on any atom is 0.160 e. The zero-order valence-electron chi connectivity index (χ0n) is 53.6. The summed E-state index contributed by atoms with van der Waals surface area (Å²) in [5.74, 6) is 1.26. The van der Waals surface area contributed by atoms with Crippen LogP contribution in [0.15, 0.2) is 328 Å². The number of para-hydroxylation sites is 4. The molecule has 2 aliphatic heterocycles.